The Morgan fingerprint density at radius 3 is 2.50 bits per heavy atom. The van der Waals surface area contributed by atoms with Crippen molar-refractivity contribution < 1.29 is 22.5 Å². The Balaban J connectivity index is 2.45. The lowest BCUT2D eigenvalue weighted by Gasteiger charge is -2.14. The van der Waals surface area contributed by atoms with E-state index in [0.717, 1.165) is 5.56 Å². The second-order valence-corrected chi connectivity index (χ2v) is 7.57. The lowest BCUT2D eigenvalue weighted by atomic mass is 10.2. The smallest absolute Gasteiger partial charge is 0.339 e. The van der Waals surface area contributed by atoms with Crippen LogP contribution in [0.15, 0.2) is 46.4 Å². The Labute approximate surface area is 154 Å². The molecular formula is C16H16INO5S. The summed E-state index contributed by atoms with van der Waals surface area (Å²) < 4.78 is 36.3. The molecule has 0 saturated heterocycles. The zero-order chi connectivity index (χ0) is 17.7. The fourth-order valence-corrected chi connectivity index (χ4v) is 3.78. The van der Waals surface area contributed by atoms with Gasteiger partial charge in [0.25, 0.3) is 0 Å². The number of benzene rings is 2. The molecule has 0 spiro atoms. The minimum Gasteiger partial charge on any atom is -0.490 e. The Hall–Kier alpha value is -1.81. The minimum absolute atomic E-state index is 0.0624. The van der Waals surface area contributed by atoms with Gasteiger partial charge >= 0.3 is 10.1 Å². The van der Waals surface area contributed by atoms with E-state index >= 15 is 0 Å². The lowest BCUT2D eigenvalue weighted by Crippen LogP contribution is -2.12. The molecule has 0 heterocycles. The molecule has 24 heavy (non-hydrogen) atoms. The van der Waals surface area contributed by atoms with Gasteiger partial charge < -0.3 is 14.1 Å². The summed E-state index contributed by atoms with van der Waals surface area (Å²) in [7, 11) is -3.99. The molecule has 2 rings (SSSR count). The zero-order valence-electron chi connectivity index (χ0n) is 13.1. The lowest BCUT2D eigenvalue weighted by molar-refractivity contribution is 0.321. The van der Waals surface area contributed by atoms with E-state index in [1.54, 1.807) is 31.2 Å². The molecule has 0 saturated carbocycles. The van der Waals surface area contributed by atoms with E-state index in [1.165, 1.54) is 18.3 Å². The van der Waals surface area contributed by atoms with Crippen LogP contribution in [-0.4, -0.2) is 26.4 Å². The van der Waals surface area contributed by atoms with Gasteiger partial charge in [-0.1, -0.05) is 22.9 Å². The molecule has 0 amide bonds. The summed E-state index contributed by atoms with van der Waals surface area (Å²) in [5, 5.41) is 11.6. The first-order chi connectivity index (χ1) is 11.4. The monoisotopic (exact) mass is 461 g/mol. The highest BCUT2D eigenvalue weighted by Crippen LogP contribution is 2.36. The third-order valence-corrected chi connectivity index (χ3v) is 5.08. The maximum atomic E-state index is 12.5. The Morgan fingerprint density at radius 2 is 1.92 bits per heavy atom. The molecule has 0 fully saturated rings. The molecule has 1 N–H and O–H groups in total. The van der Waals surface area contributed by atoms with Crippen molar-refractivity contribution in [3.05, 3.63) is 51.1 Å². The molecule has 0 aliphatic carbocycles. The first-order valence-electron chi connectivity index (χ1n) is 7.02. The summed E-state index contributed by atoms with van der Waals surface area (Å²) in [6.07, 6.45) is 1.23. The number of rotatable bonds is 6. The first-order valence-corrected chi connectivity index (χ1v) is 9.51. The molecule has 0 aliphatic heterocycles. The topological polar surface area (TPSA) is 85.2 Å². The number of nitrogens with zero attached hydrogens (tertiary/aromatic N) is 1. The molecule has 6 nitrogen and oxygen atoms in total. The number of halogens is 1. The summed E-state index contributed by atoms with van der Waals surface area (Å²) in [5.41, 5.74) is 1.51. The van der Waals surface area contributed by atoms with Gasteiger partial charge in [0.2, 0.25) is 0 Å². The van der Waals surface area contributed by atoms with Crippen molar-refractivity contribution in [2.24, 2.45) is 5.16 Å². The van der Waals surface area contributed by atoms with Crippen LogP contribution in [0.1, 0.15) is 18.1 Å². The zero-order valence-corrected chi connectivity index (χ0v) is 16.0. The van der Waals surface area contributed by atoms with Crippen LogP contribution in [0.25, 0.3) is 0 Å². The average molecular weight is 461 g/mol. The van der Waals surface area contributed by atoms with Crippen LogP contribution >= 0.6 is 22.6 Å². The van der Waals surface area contributed by atoms with Gasteiger partial charge in [0, 0.05) is 5.56 Å². The molecule has 128 valence electrons. The summed E-state index contributed by atoms with van der Waals surface area (Å²) in [6.45, 7) is 3.98. The molecule has 2 aromatic rings. The van der Waals surface area contributed by atoms with Crippen molar-refractivity contribution in [3.8, 4) is 11.5 Å². The summed E-state index contributed by atoms with van der Waals surface area (Å²) in [4.78, 5) is 0.0624. The summed E-state index contributed by atoms with van der Waals surface area (Å²) in [6, 6.07) is 9.56. The highest BCUT2D eigenvalue weighted by molar-refractivity contribution is 14.1. The normalized spacial score (nSPS) is 11.6. The van der Waals surface area contributed by atoms with Crippen molar-refractivity contribution >= 4 is 38.9 Å². The van der Waals surface area contributed by atoms with E-state index in [1.807, 2.05) is 29.5 Å². The molecule has 0 bridgehead atoms. The van der Waals surface area contributed by atoms with Crippen molar-refractivity contribution in [2.75, 3.05) is 6.61 Å². The van der Waals surface area contributed by atoms with Crippen molar-refractivity contribution in [3.63, 3.8) is 0 Å². The fourth-order valence-electron chi connectivity index (χ4n) is 1.94. The van der Waals surface area contributed by atoms with Gasteiger partial charge in [0.1, 0.15) is 4.90 Å². The number of aryl methyl sites for hydroxylation is 1. The van der Waals surface area contributed by atoms with Crippen molar-refractivity contribution in [1.82, 2.24) is 0 Å². The van der Waals surface area contributed by atoms with Gasteiger partial charge in [-0.05, 0) is 60.7 Å². The molecule has 0 radical (unpaired) electrons. The van der Waals surface area contributed by atoms with Gasteiger partial charge in [-0.15, -0.1) is 0 Å². The van der Waals surface area contributed by atoms with E-state index in [0.29, 0.717) is 15.7 Å². The Bertz CT molecular complexity index is 848. The SMILES string of the molecule is CCOc1cc(/C=N\O)cc(I)c1OS(=O)(=O)c1ccc(C)cc1. The van der Waals surface area contributed by atoms with Crippen LogP contribution in [0.3, 0.4) is 0 Å². The molecule has 2 aromatic carbocycles. The second-order valence-electron chi connectivity index (χ2n) is 4.86. The number of oxime groups is 1. The maximum Gasteiger partial charge on any atom is 0.339 e. The van der Waals surface area contributed by atoms with Gasteiger partial charge in [0.05, 0.1) is 16.4 Å². The van der Waals surface area contributed by atoms with Crippen LogP contribution in [0.2, 0.25) is 0 Å². The predicted octanol–water partition coefficient (Wildman–Crippen LogP) is 3.57. The van der Waals surface area contributed by atoms with E-state index in [9.17, 15) is 8.42 Å². The van der Waals surface area contributed by atoms with Crippen LogP contribution in [-0.2, 0) is 10.1 Å². The quantitative estimate of drug-likeness (QED) is 0.234. The third kappa shape index (κ3) is 4.38. The van der Waals surface area contributed by atoms with E-state index in [-0.39, 0.29) is 16.4 Å². The van der Waals surface area contributed by atoms with E-state index in [2.05, 4.69) is 5.16 Å². The van der Waals surface area contributed by atoms with Crippen LogP contribution < -0.4 is 8.92 Å². The molecule has 8 heteroatoms. The third-order valence-electron chi connectivity index (χ3n) is 3.04. The molecule has 0 aromatic heterocycles. The van der Waals surface area contributed by atoms with Crippen LogP contribution in [0, 0.1) is 10.5 Å². The maximum absolute atomic E-state index is 12.5. The van der Waals surface area contributed by atoms with Gasteiger partial charge in [-0.3, -0.25) is 0 Å². The summed E-state index contributed by atoms with van der Waals surface area (Å²) >= 11 is 1.94. The highest BCUT2D eigenvalue weighted by atomic mass is 127. The van der Waals surface area contributed by atoms with E-state index < -0.39 is 10.1 Å². The second kappa shape index (κ2) is 7.84. The number of hydrogen-bond acceptors (Lipinski definition) is 6. The number of ether oxygens (including phenoxy) is 1. The number of hydrogen-bond donors (Lipinski definition) is 1. The van der Waals surface area contributed by atoms with Gasteiger partial charge in [-0.25, -0.2) is 0 Å². The largest absolute Gasteiger partial charge is 0.490 e. The van der Waals surface area contributed by atoms with Crippen LogP contribution in [0.4, 0.5) is 0 Å². The summed E-state index contributed by atoms with van der Waals surface area (Å²) in [5.74, 6) is 0.364. The van der Waals surface area contributed by atoms with Crippen molar-refractivity contribution in [2.45, 2.75) is 18.7 Å². The standard InChI is InChI=1S/C16H16INO5S/c1-3-22-15-9-12(10-18-19)8-14(17)16(15)23-24(20,21)13-6-4-11(2)5-7-13/h4-10,19H,3H2,1-2H3/b18-10-. The molecule has 0 unspecified atom stereocenters. The Morgan fingerprint density at radius 1 is 1.25 bits per heavy atom. The van der Waals surface area contributed by atoms with Crippen LogP contribution in [0.5, 0.6) is 11.5 Å². The van der Waals surface area contributed by atoms with Gasteiger partial charge in [-0.2, -0.15) is 8.42 Å². The van der Waals surface area contributed by atoms with Crippen molar-refractivity contribution in [1.29, 1.82) is 0 Å². The molecule has 0 aliphatic rings. The Kier molecular flexibility index (Phi) is 6.05. The fraction of sp³-hybridized carbons (Fsp3) is 0.188. The van der Waals surface area contributed by atoms with E-state index in [4.69, 9.17) is 14.1 Å². The molecule has 0 atom stereocenters. The first kappa shape index (κ1) is 18.5. The average Bonchev–Trinajstić information content (AvgIpc) is 2.52. The predicted molar refractivity (Wildman–Crippen MR) is 98.7 cm³/mol. The highest BCUT2D eigenvalue weighted by Gasteiger charge is 2.22. The minimum atomic E-state index is -3.99. The molecular weight excluding hydrogens is 445 g/mol. The van der Waals surface area contributed by atoms with Gasteiger partial charge in [0.15, 0.2) is 11.5 Å².